The molecule has 2 rings (SSSR count). The first-order valence-electron chi connectivity index (χ1n) is 10.3. The van der Waals surface area contributed by atoms with Crippen LogP contribution in [0.4, 0.5) is 0 Å². The molecule has 1 aromatic heterocycles. The Morgan fingerprint density at radius 1 is 1.28 bits per heavy atom. The van der Waals surface area contributed by atoms with Gasteiger partial charge in [0.25, 0.3) is 0 Å². The lowest BCUT2D eigenvalue weighted by Crippen LogP contribution is -2.21. The maximum Gasteiger partial charge on any atom is 0.334 e. The summed E-state index contributed by atoms with van der Waals surface area (Å²) in [5, 5.41) is 3.55. The normalized spacial score (nSPS) is 14.1. The molecular weight excluding hydrogens is 463 g/mol. The van der Waals surface area contributed by atoms with Crippen LogP contribution in [0.15, 0.2) is 63.4 Å². The Hall–Kier alpha value is -1.70. The Morgan fingerprint density at radius 3 is 2.62 bits per heavy atom. The maximum atomic E-state index is 13.7. The lowest BCUT2D eigenvalue weighted by Gasteiger charge is -2.18. The van der Waals surface area contributed by atoms with Crippen molar-refractivity contribution >= 4 is 47.7 Å². The van der Waals surface area contributed by atoms with Crippen molar-refractivity contribution in [3.63, 3.8) is 0 Å². The zero-order valence-electron chi connectivity index (χ0n) is 18.7. The van der Waals surface area contributed by atoms with Crippen LogP contribution in [0, 0.1) is 5.92 Å². The van der Waals surface area contributed by atoms with Gasteiger partial charge in [-0.3, -0.25) is 9.36 Å². The molecule has 0 saturated carbocycles. The van der Waals surface area contributed by atoms with Crippen molar-refractivity contribution in [1.29, 1.82) is 0 Å². The van der Waals surface area contributed by atoms with Crippen molar-refractivity contribution in [1.82, 2.24) is 5.09 Å². The van der Waals surface area contributed by atoms with Crippen LogP contribution in [0.3, 0.4) is 0 Å². The smallest absolute Gasteiger partial charge is 0.334 e. The summed E-state index contributed by atoms with van der Waals surface area (Å²) < 4.78 is 25.5. The number of benzene rings is 1. The van der Waals surface area contributed by atoms with Gasteiger partial charge in [-0.15, -0.1) is 0 Å². The average Bonchev–Trinajstić information content (AvgIpc) is 3.25. The Balaban J connectivity index is 2.31. The summed E-state index contributed by atoms with van der Waals surface area (Å²) in [6, 6.07) is 13.1. The van der Waals surface area contributed by atoms with E-state index in [1.165, 1.54) is 11.8 Å². The number of hydrogen-bond donors (Lipinski definition) is 2. The second kappa shape index (κ2) is 13.1. The zero-order valence-corrected chi connectivity index (χ0v) is 21.2. The van der Waals surface area contributed by atoms with E-state index >= 15 is 0 Å². The first-order chi connectivity index (χ1) is 15.2. The average molecular weight is 495 g/mol. The Kier molecular flexibility index (Phi) is 10.9. The Bertz CT molecular complexity index is 973. The third-order valence-corrected chi connectivity index (χ3v) is 7.86. The highest BCUT2D eigenvalue weighted by Crippen LogP contribution is 2.43. The zero-order chi connectivity index (χ0) is 23.6. The van der Waals surface area contributed by atoms with Crippen LogP contribution < -0.4 is 16.3 Å². The molecule has 0 aliphatic heterocycles. The molecule has 0 bridgehead atoms. The predicted octanol–water partition coefficient (Wildman–Crippen LogP) is 5.77. The molecule has 0 radical (unpaired) electrons. The van der Waals surface area contributed by atoms with Crippen molar-refractivity contribution in [3.8, 4) is 0 Å². The van der Waals surface area contributed by atoms with E-state index < -0.39 is 7.52 Å². The highest BCUT2D eigenvalue weighted by Gasteiger charge is 2.30. The van der Waals surface area contributed by atoms with E-state index in [4.69, 9.17) is 14.7 Å². The van der Waals surface area contributed by atoms with Crippen LogP contribution in [0.5, 0.6) is 0 Å². The standard InChI is InChI=1S/C23H31N2O4PS2/c1-17(2)14-22(32-19(4)24)18(3)21-10-11-23(29-21)30(27,28-12-13-31-16-26)25-15-20-8-6-5-7-9-20/h5-11,16-17H,4,12-15,24H2,1-3H3,(H,25,27)/b22-18+. The summed E-state index contributed by atoms with van der Waals surface area (Å²) >= 11 is 2.49. The number of carbonyl (C=O) groups is 1. The third-order valence-electron chi connectivity index (χ3n) is 4.39. The van der Waals surface area contributed by atoms with E-state index in [0.29, 0.717) is 29.0 Å². The molecule has 0 fully saturated rings. The number of carbonyl (C=O) groups excluding carboxylic acids is 1. The minimum Gasteiger partial charge on any atom is -0.450 e. The van der Waals surface area contributed by atoms with Crippen LogP contribution in [0.25, 0.3) is 5.57 Å². The number of nitrogens with one attached hydrogen (secondary N) is 1. The fourth-order valence-corrected chi connectivity index (χ4v) is 5.85. The van der Waals surface area contributed by atoms with Gasteiger partial charge in [0.15, 0.2) is 5.62 Å². The van der Waals surface area contributed by atoms with E-state index in [2.05, 4.69) is 25.5 Å². The Morgan fingerprint density at radius 2 is 2.00 bits per heavy atom. The largest absolute Gasteiger partial charge is 0.450 e. The molecule has 1 unspecified atom stereocenters. The molecule has 2 aromatic rings. The molecule has 9 heteroatoms. The van der Waals surface area contributed by atoms with Crippen LogP contribution >= 0.6 is 31.0 Å². The van der Waals surface area contributed by atoms with Crippen molar-refractivity contribution in [2.45, 2.75) is 33.7 Å². The first-order valence-corrected chi connectivity index (χ1v) is 13.8. The van der Waals surface area contributed by atoms with Gasteiger partial charge in [-0.25, -0.2) is 5.09 Å². The van der Waals surface area contributed by atoms with Gasteiger partial charge in [0.1, 0.15) is 5.76 Å². The fraction of sp³-hybridized carbons (Fsp3) is 0.348. The van der Waals surface area contributed by atoms with Crippen molar-refractivity contribution in [3.05, 3.63) is 70.3 Å². The number of nitrogens with two attached hydrogens (primary N) is 1. The third kappa shape index (κ3) is 8.34. The second-order valence-electron chi connectivity index (χ2n) is 7.52. The molecule has 0 saturated heterocycles. The summed E-state index contributed by atoms with van der Waals surface area (Å²) in [4.78, 5) is 11.6. The molecule has 1 heterocycles. The summed E-state index contributed by atoms with van der Waals surface area (Å²) in [5.41, 5.74) is 8.71. The molecular formula is C23H31N2O4PS2. The number of hydrogen-bond acceptors (Lipinski definition) is 7. The minimum atomic E-state index is -3.50. The van der Waals surface area contributed by atoms with Gasteiger partial charge in [0, 0.05) is 17.9 Å². The molecule has 3 N–H and O–H groups in total. The van der Waals surface area contributed by atoms with Gasteiger partial charge in [0.2, 0.25) is 5.50 Å². The van der Waals surface area contributed by atoms with E-state index in [0.717, 1.165) is 39.8 Å². The van der Waals surface area contributed by atoms with E-state index in [-0.39, 0.29) is 12.1 Å². The highest BCUT2D eigenvalue weighted by molar-refractivity contribution is 8.11. The SMILES string of the molecule is C=C(N)S/C(CC(C)C)=C(\C)c1ccc(P(=O)(NCc2ccccc2)OCCSC=O)o1. The molecule has 32 heavy (non-hydrogen) atoms. The van der Waals surface area contributed by atoms with Gasteiger partial charge in [-0.1, -0.05) is 74.3 Å². The molecule has 1 atom stereocenters. The molecule has 0 aliphatic rings. The molecule has 0 amide bonds. The summed E-state index contributed by atoms with van der Waals surface area (Å²) in [6.07, 6.45) is 0.825. The number of thioether (sulfide) groups is 2. The molecule has 0 spiro atoms. The lowest BCUT2D eigenvalue weighted by molar-refractivity contribution is 0.330. The van der Waals surface area contributed by atoms with E-state index in [1.54, 1.807) is 12.1 Å². The van der Waals surface area contributed by atoms with Gasteiger partial charge >= 0.3 is 7.52 Å². The summed E-state index contributed by atoms with van der Waals surface area (Å²) in [7, 11) is -3.50. The van der Waals surface area contributed by atoms with Gasteiger partial charge in [0.05, 0.1) is 11.6 Å². The van der Waals surface area contributed by atoms with Crippen molar-refractivity contribution in [2.24, 2.45) is 11.7 Å². The van der Waals surface area contributed by atoms with E-state index in [1.807, 2.05) is 37.3 Å². The minimum absolute atomic E-state index is 0.148. The maximum absolute atomic E-state index is 13.7. The quantitative estimate of drug-likeness (QED) is 0.194. The molecule has 6 nitrogen and oxygen atoms in total. The van der Waals surface area contributed by atoms with Crippen LogP contribution in [-0.2, 0) is 20.4 Å². The first kappa shape index (κ1) is 26.6. The molecule has 1 aromatic carbocycles. The fourth-order valence-electron chi connectivity index (χ4n) is 2.87. The summed E-state index contributed by atoms with van der Waals surface area (Å²) in [6.45, 7) is 10.5. The predicted molar refractivity (Wildman–Crippen MR) is 137 cm³/mol. The second-order valence-corrected chi connectivity index (χ2v) is 11.8. The molecule has 174 valence electrons. The number of rotatable bonds is 14. The van der Waals surface area contributed by atoms with Crippen LogP contribution in [0.1, 0.15) is 38.5 Å². The van der Waals surface area contributed by atoms with Gasteiger partial charge in [-0.05, 0) is 41.9 Å². The van der Waals surface area contributed by atoms with Crippen molar-refractivity contribution < 1.29 is 18.3 Å². The highest BCUT2D eigenvalue weighted by atomic mass is 32.2. The molecule has 0 aliphatic carbocycles. The van der Waals surface area contributed by atoms with Crippen LogP contribution in [0.2, 0.25) is 0 Å². The van der Waals surface area contributed by atoms with Gasteiger partial charge < -0.3 is 14.7 Å². The number of furan rings is 1. The van der Waals surface area contributed by atoms with Crippen molar-refractivity contribution in [2.75, 3.05) is 12.4 Å². The lowest BCUT2D eigenvalue weighted by atomic mass is 10.1. The monoisotopic (exact) mass is 494 g/mol. The van der Waals surface area contributed by atoms with Crippen LogP contribution in [-0.4, -0.2) is 18.0 Å². The summed E-state index contributed by atoms with van der Waals surface area (Å²) in [5.74, 6) is 1.44. The van der Waals surface area contributed by atoms with E-state index in [9.17, 15) is 9.36 Å². The topological polar surface area (TPSA) is 94.6 Å². The Labute approximate surface area is 198 Å². The van der Waals surface area contributed by atoms with Gasteiger partial charge in [-0.2, -0.15) is 0 Å². The number of allylic oxidation sites excluding steroid dienone is 2.